The molecule has 0 aliphatic carbocycles. The van der Waals surface area contributed by atoms with Crippen molar-refractivity contribution in [3.05, 3.63) is 35.0 Å². The quantitative estimate of drug-likeness (QED) is 0.704. The zero-order chi connectivity index (χ0) is 15.8. The van der Waals surface area contributed by atoms with E-state index >= 15 is 0 Å². The molecule has 0 radical (unpaired) electrons. The van der Waals surface area contributed by atoms with Crippen LogP contribution in [0.3, 0.4) is 0 Å². The van der Waals surface area contributed by atoms with Crippen LogP contribution >= 0.6 is 11.3 Å². The maximum atomic E-state index is 12.0. The number of carbonyl (C=O) groups is 2. The molecule has 0 saturated carbocycles. The molecule has 1 saturated heterocycles. The summed E-state index contributed by atoms with van der Waals surface area (Å²) in [6.07, 6.45) is 2.40. The van der Waals surface area contributed by atoms with Crippen LogP contribution in [0.4, 0.5) is 0 Å². The van der Waals surface area contributed by atoms with Crippen molar-refractivity contribution in [1.82, 2.24) is 20.9 Å². The molecule has 23 heavy (non-hydrogen) atoms. The van der Waals surface area contributed by atoms with Crippen LogP contribution < -0.4 is 16.0 Å². The molecular formula is C15H13N5O2S. The van der Waals surface area contributed by atoms with E-state index in [0.717, 1.165) is 15.8 Å². The fourth-order valence-corrected chi connectivity index (χ4v) is 3.28. The molecule has 1 aromatic heterocycles. The molecular weight excluding hydrogens is 314 g/mol. The van der Waals surface area contributed by atoms with Gasteiger partial charge in [-0.15, -0.1) is 11.3 Å². The summed E-state index contributed by atoms with van der Waals surface area (Å²) in [5.41, 5.74) is 3.92. The van der Waals surface area contributed by atoms with E-state index in [9.17, 15) is 9.59 Å². The Morgan fingerprint density at radius 1 is 1.35 bits per heavy atom. The monoisotopic (exact) mass is 327 g/mol. The van der Waals surface area contributed by atoms with Gasteiger partial charge in [0.2, 0.25) is 11.9 Å². The molecule has 1 unspecified atom stereocenters. The average molecular weight is 327 g/mol. The first-order chi connectivity index (χ1) is 11.2. The second-order valence-electron chi connectivity index (χ2n) is 5.30. The summed E-state index contributed by atoms with van der Waals surface area (Å²) in [6.45, 7) is 0.634. The van der Waals surface area contributed by atoms with Gasteiger partial charge in [-0.05, 0) is 30.2 Å². The highest BCUT2D eigenvalue weighted by atomic mass is 32.1. The minimum atomic E-state index is -0.345. The van der Waals surface area contributed by atoms with Crippen LogP contribution in [0.15, 0.2) is 34.4 Å². The van der Waals surface area contributed by atoms with Gasteiger partial charge in [0.05, 0.1) is 15.7 Å². The number of hydrogen-bond acceptors (Lipinski definition) is 6. The predicted molar refractivity (Wildman–Crippen MR) is 87.7 cm³/mol. The van der Waals surface area contributed by atoms with Crippen LogP contribution in [0.5, 0.6) is 0 Å². The number of hydrogen-bond donors (Lipinski definition) is 3. The number of aliphatic imine (C=N–C) groups is 1. The lowest BCUT2D eigenvalue weighted by molar-refractivity contribution is -0.120. The van der Waals surface area contributed by atoms with E-state index in [4.69, 9.17) is 0 Å². The molecule has 1 aromatic carbocycles. The summed E-state index contributed by atoms with van der Waals surface area (Å²) in [4.78, 5) is 32.0. The summed E-state index contributed by atoms with van der Waals surface area (Å²) in [7, 11) is 0. The lowest BCUT2D eigenvalue weighted by atomic mass is 10.2. The van der Waals surface area contributed by atoms with Gasteiger partial charge >= 0.3 is 0 Å². The molecule has 7 nitrogen and oxygen atoms in total. The van der Waals surface area contributed by atoms with Crippen LogP contribution in [-0.4, -0.2) is 35.3 Å². The van der Waals surface area contributed by atoms with Gasteiger partial charge in [-0.3, -0.25) is 14.9 Å². The minimum absolute atomic E-state index is 0.0741. The predicted octanol–water partition coefficient (Wildman–Crippen LogP) is 0.601. The average Bonchev–Trinajstić information content (AvgIpc) is 3.22. The topological polar surface area (TPSA) is 95.5 Å². The van der Waals surface area contributed by atoms with E-state index in [-0.39, 0.29) is 17.9 Å². The van der Waals surface area contributed by atoms with Gasteiger partial charge in [0.1, 0.15) is 11.7 Å². The van der Waals surface area contributed by atoms with Crippen molar-refractivity contribution in [3.63, 3.8) is 0 Å². The largest absolute Gasteiger partial charge is 0.354 e. The van der Waals surface area contributed by atoms with Gasteiger partial charge in [0, 0.05) is 6.54 Å². The van der Waals surface area contributed by atoms with Crippen molar-refractivity contribution in [2.45, 2.75) is 12.5 Å². The number of fused-ring (bicyclic) bond motifs is 1. The highest BCUT2D eigenvalue weighted by Crippen LogP contribution is 2.21. The molecule has 2 aliphatic rings. The van der Waals surface area contributed by atoms with E-state index in [0.29, 0.717) is 24.6 Å². The number of guanidine groups is 1. The van der Waals surface area contributed by atoms with E-state index in [1.165, 1.54) is 0 Å². The Hall–Kier alpha value is -2.74. The van der Waals surface area contributed by atoms with Crippen LogP contribution in [0.1, 0.15) is 12.0 Å². The number of thiazole rings is 1. The van der Waals surface area contributed by atoms with E-state index < -0.39 is 0 Å². The number of aromatic nitrogens is 1. The molecule has 1 fully saturated rings. The fourth-order valence-electron chi connectivity index (χ4n) is 2.55. The Morgan fingerprint density at radius 3 is 3.09 bits per heavy atom. The normalized spacial score (nSPS) is 22.3. The van der Waals surface area contributed by atoms with E-state index in [1.54, 1.807) is 22.9 Å². The van der Waals surface area contributed by atoms with Crippen LogP contribution in [0.2, 0.25) is 0 Å². The van der Waals surface area contributed by atoms with Crippen molar-refractivity contribution in [2.24, 2.45) is 4.99 Å². The number of rotatable bonds is 2. The Labute approximate surface area is 135 Å². The standard InChI is InChI=1S/C15H13N5O2S/c21-13-10(3-4-16-13)18-15-19-11(14(22)20-15)5-8-1-2-9-12(6-8)23-7-17-9/h1-2,5-7,10H,3-4H2,(H,16,21)(H2,18,19,20,22)/b11-5-. The fraction of sp³-hybridized carbons (Fsp3) is 0.200. The molecule has 3 heterocycles. The molecule has 2 aromatic rings. The zero-order valence-electron chi connectivity index (χ0n) is 12.0. The number of carbonyl (C=O) groups excluding carboxylic acids is 2. The molecule has 2 aliphatic heterocycles. The SMILES string of the molecule is O=C1NC(NC2CCNC2=O)=N/C1=C\c1ccc2ncsc2c1. The van der Waals surface area contributed by atoms with Crippen molar-refractivity contribution in [2.75, 3.05) is 6.54 Å². The number of amides is 2. The summed E-state index contributed by atoms with van der Waals surface area (Å²) in [5.74, 6) is -0.0347. The number of benzene rings is 1. The van der Waals surface area contributed by atoms with Crippen molar-refractivity contribution in [1.29, 1.82) is 0 Å². The Morgan fingerprint density at radius 2 is 2.26 bits per heavy atom. The second-order valence-corrected chi connectivity index (χ2v) is 6.19. The third kappa shape index (κ3) is 2.68. The van der Waals surface area contributed by atoms with Crippen molar-refractivity contribution < 1.29 is 9.59 Å². The summed E-state index contributed by atoms with van der Waals surface area (Å²) < 4.78 is 1.06. The molecule has 4 rings (SSSR count). The van der Waals surface area contributed by atoms with Gasteiger partial charge in [-0.25, -0.2) is 9.98 Å². The maximum absolute atomic E-state index is 12.0. The zero-order valence-corrected chi connectivity index (χ0v) is 12.8. The molecule has 2 amide bonds. The Bertz CT molecular complexity index is 870. The Kier molecular flexibility index (Phi) is 3.30. The number of nitrogens with one attached hydrogen (secondary N) is 3. The highest BCUT2D eigenvalue weighted by molar-refractivity contribution is 7.16. The smallest absolute Gasteiger partial charge is 0.276 e. The molecule has 0 spiro atoms. The first kappa shape index (κ1) is 13.9. The van der Waals surface area contributed by atoms with Crippen LogP contribution in [0, 0.1) is 0 Å². The van der Waals surface area contributed by atoms with Gasteiger partial charge < -0.3 is 10.6 Å². The van der Waals surface area contributed by atoms with E-state index in [2.05, 4.69) is 25.9 Å². The van der Waals surface area contributed by atoms with Crippen molar-refractivity contribution >= 4 is 45.4 Å². The molecule has 0 bridgehead atoms. The van der Waals surface area contributed by atoms with E-state index in [1.807, 2.05) is 18.2 Å². The molecule has 1 atom stereocenters. The first-order valence-electron chi connectivity index (χ1n) is 7.18. The highest BCUT2D eigenvalue weighted by Gasteiger charge is 2.28. The Balaban J connectivity index is 1.57. The van der Waals surface area contributed by atoms with Gasteiger partial charge in [0.25, 0.3) is 5.91 Å². The minimum Gasteiger partial charge on any atom is -0.354 e. The second kappa shape index (κ2) is 5.47. The lowest BCUT2D eigenvalue weighted by Crippen LogP contribution is -2.45. The van der Waals surface area contributed by atoms with Gasteiger partial charge in [0.15, 0.2) is 0 Å². The van der Waals surface area contributed by atoms with Crippen molar-refractivity contribution in [3.8, 4) is 0 Å². The molecule has 3 N–H and O–H groups in total. The third-order valence-electron chi connectivity index (χ3n) is 3.72. The van der Waals surface area contributed by atoms with Crippen LogP contribution in [-0.2, 0) is 9.59 Å². The summed E-state index contributed by atoms with van der Waals surface area (Å²) >= 11 is 1.55. The molecule has 8 heteroatoms. The van der Waals surface area contributed by atoms with Crippen LogP contribution in [0.25, 0.3) is 16.3 Å². The maximum Gasteiger partial charge on any atom is 0.276 e. The van der Waals surface area contributed by atoms with Gasteiger partial charge in [-0.2, -0.15) is 0 Å². The summed E-state index contributed by atoms with van der Waals surface area (Å²) in [5, 5.41) is 8.33. The number of nitrogens with zero attached hydrogens (tertiary/aromatic N) is 2. The molecule has 116 valence electrons. The summed E-state index contributed by atoms with van der Waals surface area (Å²) in [6, 6.07) is 5.44. The first-order valence-corrected chi connectivity index (χ1v) is 8.06. The lowest BCUT2D eigenvalue weighted by Gasteiger charge is -2.09. The van der Waals surface area contributed by atoms with Gasteiger partial charge in [-0.1, -0.05) is 6.07 Å². The third-order valence-corrected chi connectivity index (χ3v) is 4.51.